The van der Waals surface area contributed by atoms with E-state index in [9.17, 15) is 0 Å². The van der Waals surface area contributed by atoms with Crippen molar-refractivity contribution in [3.8, 4) is 17.1 Å². The largest absolute Gasteiger partial charge is 0.481 e. The van der Waals surface area contributed by atoms with Crippen molar-refractivity contribution >= 4 is 22.3 Å². The number of nitrogens with zero attached hydrogens (tertiary/aromatic N) is 2. The van der Waals surface area contributed by atoms with E-state index in [1.165, 1.54) is 0 Å². The van der Waals surface area contributed by atoms with Gasteiger partial charge >= 0.3 is 0 Å². The van der Waals surface area contributed by atoms with Crippen LogP contribution in [0.2, 0.25) is 0 Å². The molecule has 2 heterocycles. The molecule has 0 unspecified atom stereocenters. The Morgan fingerprint density at radius 2 is 1.80 bits per heavy atom. The fraction of sp³-hybridized carbons (Fsp3) is 0.0667. The summed E-state index contributed by atoms with van der Waals surface area (Å²) < 4.78 is 5.26. The molecule has 0 amide bonds. The van der Waals surface area contributed by atoms with Crippen molar-refractivity contribution < 1.29 is 4.74 Å². The van der Waals surface area contributed by atoms with E-state index in [-0.39, 0.29) is 0 Å². The normalized spacial score (nSPS) is 10.7. The van der Waals surface area contributed by atoms with Crippen LogP contribution >= 0.6 is 0 Å². The van der Waals surface area contributed by atoms with Crippen LogP contribution in [-0.4, -0.2) is 17.1 Å². The minimum absolute atomic E-state index is 0.440. The SMILES string of the molecule is COc1ncccc1-c1nc2ccccc2c(N)c1N. The summed E-state index contributed by atoms with van der Waals surface area (Å²) in [4.78, 5) is 8.76. The molecular formula is C15H14N4O. The van der Waals surface area contributed by atoms with E-state index in [0.29, 0.717) is 22.9 Å². The van der Waals surface area contributed by atoms with Gasteiger partial charge in [0.1, 0.15) is 5.69 Å². The number of pyridine rings is 2. The van der Waals surface area contributed by atoms with Crippen LogP contribution in [0, 0.1) is 0 Å². The van der Waals surface area contributed by atoms with Gasteiger partial charge < -0.3 is 16.2 Å². The van der Waals surface area contributed by atoms with E-state index in [1.807, 2.05) is 36.4 Å². The number of methoxy groups -OCH3 is 1. The van der Waals surface area contributed by atoms with Crippen molar-refractivity contribution in [1.29, 1.82) is 0 Å². The Balaban J connectivity index is 2.34. The van der Waals surface area contributed by atoms with Gasteiger partial charge in [-0.05, 0) is 18.2 Å². The molecule has 0 aliphatic carbocycles. The van der Waals surface area contributed by atoms with Crippen molar-refractivity contribution in [3.05, 3.63) is 42.6 Å². The zero-order valence-corrected chi connectivity index (χ0v) is 11.0. The fourth-order valence-corrected chi connectivity index (χ4v) is 2.19. The molecule has 5 heteroatoms. The third kappa shape index (κ3) is 1.80. The first-order chi connectivity index (χ1) is 9.72. The number of aromatic nitrogens is 2. The van der Waals surface area contributed by atoms with E-state index in [4.69, 9.17) is 16.2 Å². The highest BCUT2D eigenvalue weighted by molar-refractivity contribution is 6.01. The zero-order chi connectivity index (χ0) is 14.1. The van der Waals surface area contributed by atoms with Crippen molar-refractivity contribution in [1.82, 2.24) is 9.97 Å². The smallest absolute Gasteiger partial charge is 0.222 e. The Labute approximate surface area is 116 Å². The molecule has 0 radical (unpaired) electrons. The molecule has 0 aliphatic rings. The Morgan fingerprint density at radius 3 is 2.60 bits per heavy atom. The summed E-state index contributed by atoms with van der Waals surface area (Å²) in [5.74, 6) is 0.474. The maximum Gasteiger partial charge on any atom is 0.222 e. The van der Waals surface area contributed by atoms with Gasteiger partial charge in [-0.25, -0.2) is 9.97 Å². The van der Waals surface area contributed by atoms with Gasteiger partial charge in [-0.2, -0.15) is 0 Å². The molecule has 4 N–H and O–H groups in total. The van der Waals surface area contributed by atoms with E-state index < -0.39 is 0 Å². The van der Waals surface area contributed by atoms with E-state index in [2.05, 4.69) is 9.97 Å². The van der Waals surface area contributed by atoms with Gasteiger partial charge in [-0.3, -0.25) is 0 Å². The molecule has 3 rings (SSSR count). The predicted octanol–water partition coefficient (Wildman–Crippen LogP) is 2.47. The molecule has 20 heavy (non-hydrogen) atoms. The summed E-state index contributed by atoms with van der Waals surface area (Å²) in [5.41, 5.74) is 15.3. The molecule has 0 bridgehead atoms. The molecule has 5 nitrogen and oxygen atoms in total. The molecule has 2 aromatic heterocycles. The minimum Gasteiger partial charge on any atom is -0.481 e. The first-order valence-electron chi connectivity index (χ1n) is 6.15. The number of nitrogen functional groups attached to an aromatic ring is 2. The predicted molar refractivity (Wildman–Crippen MR) is 80.4 cm³/mol. The van der Waals surface area contributed by atoms with Crippen LogP contribution in [0.15, 0.2) is 42.6 Å². The molecular weight excluding hydrogens is 252 g/mol. The highest BCUT2D eigenvalue weighted by Gasteiger charge is 2.15. The number of hydrogen-bond donors (Lipinski definition) is 2. The number of ether oxygens (including phenoxy) is 1. The van der Waals surface area contributed by atoms with Crippen LogP contribution < -0.4 is 16.2 Å². The van der Waals surface area contributed by atoms with Crippen molar-refractivity contribution in [3.63, 3.8) is 0 Å². The summed E-state index contributed by atoms with van der Waals surface area (Å²) >= 11 is 0. The average molecular weight is 266 g/mol. The first kappa shape index (κ1) is 12.2. The molecule has 0 saturated carbocycles. The Kier molecular flexibility index (Phi) is 2.87. The number of benzene rings is 1. The zero-order valence-electron chi connectivity index (χ0n) is 11.0. The molecule has 0 spiro atoms. The number of para-hydroxylation sites is 1. The lowest BCUT2D eigenvalue weighted by molar-refractivity contribution is 0.399. The quantitative estimate of drug-likeness (QED) is 0.744. The molecule has 0 fully saturated rings. The van der Waals surface area contributed by atoms with Crippen LogP contribution in [0.5, 0.6) is 5.88 Å². The van der Waals surface area contributed by atoms with E-state index in [0.717, 1.165) is 16.5 Å². The molecule has 0 saturated heterocycles. The number of rotatable bonds is 2. The van der Waals surface area contributed by atoms with Gasteiger partial charge in [0, 0.05) is 11.6 Å². The molecule has 1 aromatic carbocycles. The number of hydrogen-bond acceptors (Lipinski definition) is 5. The molecule has 3 aromatic rings. The second kappa shape index (κ2) is 4.70. The summed E-state index contributed by atoms with van der Waals surface area (Å²) in [7, 11) is 1.56. The molecule has 0 atom stereocenters. The lowest BCUT2D eigenvalue weighted by Gasteiger charge is -2.12. The van der Waals surface area contributed by atoms with E-state index >= 15 is 0 Å². The second-order valence-electron chi connectivity index (χ2n) is 4.37. The van der Waals surface area contributed by atoms with Gasteiger partial charge in [0.15, 0.2) is 0 Å². The second-order valence-corrected chi connectivity index (χ2v) is 4.37. The maximum absolute atomic E-state index is 6.13. The van der Waals surface area contributed by atoms with Gasteiger partial charge in [0.25, 0.3) is 0 Å². The molecule has 100 valence electrons. The minimum atomic E-state index is 0.440. The third-order valence-electron chi connectivity index (χ3n) is 3.19. The van der Waals surface area contributed by atoms with Gasteiger partial charge in [-0.15, -0.1) is 0 Å². The standard InChI is InChI=1S/C15H14N4O/c1-20-15-10(6-4-8-18-15)14-13(17)12(16)9-5-2-3-7-11(9)19-14/h2-8H,17H2,1H3,(H2,16,19). The topological polar surface area (TPSA) is 87.0 Å². The van der Waals surface area contributed by atoms with Crippen LogP contribution in [0.25, 0.3) is 22.2 Å². The van der Waals surface area contributed by atoms with Crippen molar-refractivity contribution in [2.24, 2.45) is 0 Å². The lowest BCUT2D eigenvalue weighted by Crippen LogP contribution is -2.02. The van der Waals surface area contributed by atoms with Crippen LogP contribution in [0.4, 0.5) is 11.4 Å². The van der Waals surface area contributed by atoms with Crippen LogP contribution in [-0.2, 0) is 0 Å². The Morgan fingerprint density at radius 1 is 1.00 bits per heavy atom. The van der Waals surface area contributed by atoms with Crippen LogP contribution in [0.1, 0.15) is 0 Å². The van der Waals surface area contributed by atoms with Gasteiger partial charge in [0.05, 0.1) is 29.6 Å². The Bertz CT molecular complexity index is 786. The third-order valence-corrected chi connectivity index (χ3v) is 3.19. The van der Waals surface area contributed by atoms with Gasteiger partial charge in [0.2, 0.25) is 5.88 Å². The summed E-state index contributed by atoms with van der Waals surface area (Å²) in [5, 5.41) is 0.844. The van der Waals surface area contributed by atoms with Crippen molar-refractivity contribution in [2.75, 3.05) is 18.6 Å². The maximum atomic E-state index is 6.13. The first-order valence-corrected chi connectivity index (χ1v) is 6.15. The van der Waals surface area contributed by atoms with Crippen LogP contribution in [0.3, 0.4) is 0 Å². The van der Waals surface area contributed by atoms with Gasteiger partial charge in [-0.1, -0.05) is 18.2 Å². The number of anilines is 2. The highest BCUT2D eigenvalue weighted by atomic mass is 16.5. The fourth-order valence-electron chi connectivity index (χ4n) is 2.19. The average Bonchev–Trinajstić information content (AvgIpc) is 2.51. The molecule has 0 aliphatic heterocycles. The monoisotopic (exact) mass is 266 g/mol. The Hall–Kier alpha value is -2.82. The summed E-state index contributed by atoms with van der Waals surface area (Å²) in [6.07, 6.45) is 1.66. The van der Waals surface area contributed by atoms with E-state index in [1.54, 1.807) is 13.3 Å². The highest BCUT2D eigenvalue weighted by Crippen LogP contribution is 2.36. The lowest BCUT2D eigenvalue weighted by atomic mass is 10.1. The van der Waals surface area contributed by atoms with Crippen molar-refractivity contribution in [2.45, 2.75) is 0 Å². The number of fused-ring (bicyclic) bond motifs is 1. The summed E-state index contributed by atoms with van der Waals surface area (Å²) in [6.45, 7) is 0. The summed E-state index contributed by atoms with van der Waals surface area (Å²) in [6, 6.07) is 11.3. The number of nitrogens with two attached hydrogens (primary N) is 2.